The van der Waals surface area contributed by atoms with Gasteiger partial charge in [-0.2, -0.15) is 11.8 Å². The molecule has 0 aromatic carbocycles. The van der Waals surface area contributed by atoms with Gasteiger partial charge in [0.15, 0.2) is 5.96 Å². The number of methoxy groups -OCH3 is 1. The first kappa shape index (κ1) is 16.9. The van der Waals surface area contributed by atoms with Crippen molar-refractivity contribution in [3.05, 3.63) is 23.9 Å². The smallest absolute Gasteiger partial charge is 0.218 e. The number of aromatic nitrogens is 1. The average Bonchev–Trinajstić information content (AvgIpc) is 2.58. The Morgan fingerprint density at radius 3 is 3.14 bits per heavy atom. The highest BCUT2D eigenvalue weighted by molar-refractivity contribution is 8.00. The van der Waals surface area contributed by atoms with E-state index in [9.17, 15) is 0 Å². The van der Waals surface area contributed by atoms with Gasteiger partial charge in [-0.3, -0.25) is 0 Å². The Morgan fingerprint density at radius 1 is 1.55 bits per heavy atom. The van der Waals surface area contributed by atoms with Gasteiger partial charge in [-0.1, -0.05) is 13.0 Å². The quantitative estimate of drug-likeness (QED) is 0.666. The molecule has 5 nitrogen and oxygen atoms in total. The summed E-state index contributed by atoms with van der Waals surface area (Å²) in [6.45, 7) is 7.94. The second-order valence-corrected chi connectivity index (χ2v) is 6.60. The van der Waals surface area contributed by atoms with Crippen molar-refractivity contribution in [2.24, 2.45) is 4.99 Å². The van der Waals surface area contributed by atoms with E-state index in [4.69, 9.17) is 9.73 Å². The van der Waals surface area contributed by atoms with Crippen LogP contribution in [0.25, 0.3) is 0 Å². The van der Waals surface area contributed by atoms with Crippen LogP contribution in [0, 0.1) is 0 Å². The molecule has 1 saturated heterocycles. The molecular formula is C16H26N4OS. The van der Waals surface area contributed by atoms with E-state index in [-0.39, 0.29) is 0 Å². The Labute approximate surface area is 137 Å². The van der Waals surface area contributed by atoms with Gasteiger partial charge in [-0.25, -0.2) is 9.98 Å². The molecule has 2 heterocycles. The number of rotatable bonds is 5. The molecule has 0 amide bonds. The molecule has 0 spiro atoms. The summed E-state index contributed by atoms with van der Waals surface area (Å²) in [4.78, 5) is 11.4. The molecular weight excluding hydrogens is 296 g/mol. The Kier molecular flexibility index (Phi) is 6.83. The molecule has 1 aromatic heterocycles. The van der Waals surface area contributed by atoms with Crippen molar-refractivity contribution in [2.75, 3.05) is 32.5 Å². The minimum absolute atomic E-state index is 0.583. The number of nitrogens with zero attached hydrogens (tertiary/aromatic N) is 3. The molecule has 22 heavy (non-hydrogen) atoms. The summed E-state index contributed by atoms with van der Waals surface area (Å²) < 4.78 is 5.30. The van der Waals surface area contributed by atoms with Gasteiger partial charge in [-0.15, -0.1) is 0 Å². The van der Waals surface area contributed by atoms with Crippen molar-refractivity contribution in [1.29, 1.82) is 0 Å². The monoisotopic (exact) mass is 322 g/mol. The summed E-state index contributed by atoms with van der Waals surface area (Å²) in [5.74, 6) is 2.81. The van der Waals surface area contributed by atoms with Gasteiger partial charge in [0.25, 0.3) is 0 Å². The molecule has 0 saturated carbocycles. The minimum atomic E-state index is 0.583. The first-order valence-electron chi connectivity index (χ1n) is 7.91. The van der Waals surface area contributed by atoms with E-state index in [0.717, 1.165) is 31.2 Å². The summed E-state index contributed by atoms with van der Waals surface area (Å²) >= 11 is 2.07. The van der Waals surface area contributed by atoms with E-state index in [2.05, 4.69) is 40.8 Å². The fourth-order valence-corrected chi connectivity index (χ4v) is 3.65. The summed E-state index contributed by atoms with van der Waals surface area (Å²) in [5, 5.41) is 4.11. The van der Waals surface area contributed by atoms with Gasteiger partial charge in [0.1, 0.15) is 0 Å². The van der Waals surface area contributed by atoms with Gasteiger partial charge in [-0.05, 0) is 19.4 Å². The van der Waals surface area contributed by atoms with Crippen LogP contribution >= 0.6 is 11.8 Å². The van der Waals surface area contributed by atoms with Gasteiger partial charge >= 0.3 is 0 Å². The topological polar surface area (TPSA) is 49.8 Å². The van der Waals surface area contributed by atoms with Crippen LogP contribution in [0.1, 0.15) is 25.8 Å². The number of hydrogen-bond donors (Lipinski definition) is 1. The number of ether oxygens (including phenoxy) is 1. The van der Waals surface area contributed by atoms with Crippen LogP contribution in [-0.4, -0.2) is 53.6 Å². The lowest BCUT2D eigenvalue weighted by molar-refractivity contribution is 0.391. The molecule has 122 valence electrons. The van der Waals surface area contributed by atoms with Crippen molar-refractivity contribution in [3.63, 3.8) is 0 Å². The summed E-state index contributed by atoms with van der Waals surface area (Å²) in [5.41, 5.74) is 1.01. The zero-order chi connectivity index (χ0) is 15.8. The molecule has 1 atom stereocenters. The highest BCUT2D eigenvalue weighted by Crippen LogP contribution is 2.21. The minimum Gasteiger partial charge on any atom is -0.481 e. The Hall–Kier alpha value is -1.43. The Morgan fingerprint density at radius 2 is 2.41 bits per heavy atom. The van der Waals surface area contributed by atoms with Crippen LogP contribution in [0.3, 0.4) is 0 Å². The zero-order valence-electron chi connectivity index (χ0n) is 13.7. The SMILES string of the molecule is CCNC(=NCc1cccnc1OC)N1CCSC(CC)C1. The molecule has 0 aliphatic carbocycles. The second-order valence-electron chi connectivity index (χ2n) is 5.19. The fourth-order valence-electron chi connectivity index (χ4n) is 2.47. The van der Waals surface area contributed by atoms with Crippen LogP contribution in [-0.2, 0) is 6.54 Å². The number of thioether (sulfide) groups is 1. The number of aliphatic imine (C=N–C) groups is 1. The van der Waals surface area contributed by atoms with Crippen molar-refractivity contribution in [1.82, 2.24) is 15.2 Å². The van der Waals surface area contributed by atoms with Crippen molar-refractivity contribution >= 4 is 17.7 Å². The second kappa shape index (κ2) is 8.88. The Balaban J connectivity index is 2.09. The molecule has 6 heteroatoms. The molecule has 1 fully saturated rings. The van der Waals surface area contributed by atoms with E-state index in [1.54, 1.807) is 13.3 Å². The highest BCUT2D eigenvalue weighted by atomic mass is 32.2. The van der Waals surface area contributed by atoms with Crippen molar-refractivity contribution in [2.45, 2.75) is 32.1 Å². The first-order chi connectivity index (χ1) is 10.8. The first-order valence-corrected chi connectivity index (χ1v) is 8.96. The number of pyridine rings is 1. The predicted octanol–water partition coefficient (Wildman–Crippen LogP) is 2.38. The molecule has 2 rings (SSSR count). The molecule has 0 bridgehead atoms. The van der Waals surface area contributed by atoms with Gasteiger partial charge in [0.05, 0.1) is 13.7 Å². The largest absolute Gasteiger partial charge is 0.481 e. The predicted molar refractivity (Wildman–Crippen MR) is 93.7 cm³/mol. The van der Waals surface area contributed by atoms with Crippen LogP contribution in [0.4, 0.5) is 0 Å². The summed E-state index contributed by atoms with van der Waals surface area (Å²) in [6, 6.07) is 3.94. The lowest BCUT2D eigenvalue weighted by atomic mass is 10.2. The van der Waals surface area contributed by atoms with Crippen LogP contribution in [0.15, 0.2) is 23.3 Å². The maximum Gasteiger partial charge on any atom is 0.218 e. The zero-order valence-corrected chi connectivity index (χ0v) is 14.5. The fraction of sp³-hybridized carbons (Fsp3) is 0.625. The highest BCUT2D eigenvalue weighted by Gasteiger charge is 2.21. The van der Waals surface area contributed by atoms with Gasteiger partial charge < -0.3 is 15.0 Å². The van der Waals surface area contributed by atoms with Crippen LogP contribution in [0.2, 0.25) is 0 Å². The molecule has 1 N–H and O–H groups in total. The Bertz CT molecular complexity index is 495. The van der Waals surface area contributed by atoms with Crippen molar-refractivity contribution in [3.8, 4) is 5.88 Å². The summed E-state index contributed by atoms with van der Waals surface area (Å²) in [7, 11) is 1.65. The number of hydrogen-bond acceptors (Lipinski definition) is 4. The van der Waals surface area contributed by atoms with E-state index in [0.29, 0.717) is 17.7 Å². The normalized spacial score (nSPS) is 19.1. The lowest BCUT2D eigenvalue weighted by Gasteiger charge is -2.34. The molecule has 1 aromatic rings. The molecule has 0 radical (unpaired) electrons. The standard InChI is InChI=1S/C16H26N4OS/c1-4-14-12-20(9-10-22-14)16(17-5-2)19-11-13-7-6-8-18-15(13)21-3/h6-8,14H,4-5,9-12H2,1-3H3,(H,17,19). The lowest BCUT2D eigenvalue weighted by Crippen LogP contribution is -2.48. The third-order valence-electron chi connectivity index (χ3n) is 3.67. The van der Waals surface area contributed by atoms with E-state index in [1.807, 2.05) is 12.1 Å². The van der Waals surface area contributed by atoms with Crippen LogP contribution in [0.5, 0.6) is 5.88 Å². The number of guanidine groups is 1. The number of nitrogens with one attached hydrogen (secondary N) is 1. The van der Waals surface area contributed by atoms with E-state index in [1.165, 1.54) is 12.2 Å². The summed E-state index contributed by atoms with van der Waals surface area (Å²) in [6.07, 6.45) is 2.95. The van der Waals surface area contributed by atoms with E-state index < -0.39 is 0 Å². The molecule has 1 unspecified atom stereocenters. The average molecular weight is 322 g/mol. The molecule has 1 aliphatic rings. The van der Waals surface area contributed by atoms with Gasteiger partial charge in [0.2, 0.25) is 5.88 Å². The molecule has 1 aliphatic heterocycles. The third-order valence-corrected chi connectivity index (χ3v) is 5.04. The third kappa shape index (κ3) is 4.53. The maximum absolute atomic E-state index is 5.30. The van der Waals surface area contributed by atoms with Crippen molar-refractivity contribution < 1.29 is 4.74 Å². The van der Waals surface area contributed by atoms with Gasteiger partial charge in [0, 0.05) is 42.4 Å². The van der Waals surface area contributed by atoms with E-state index >= 15 is 0 Å². The van der Waals surface area contributed by atoms with Crippen LogP contribution < -0.4 is 10.1 Å². The maximum atomic E-state index is 5.30.